The molecule has 3 aromatic rings. The Morgan fingerprint density at radius 1 is 0.807 bits per heavy atom. The lowest BCUT2D eigenvalue weighted by molar-refractivity contribution is -0.139. The Balaban J connectivity index is 1.30. The summed E-state index contributed by atoms with van der Waals surface area (Å²) in [6, 6.07) is 17.3. The molecule has 2 atom stereocenters. The number of hydrogen-bond donors (Lipinski definition) is 0. The lowest BCUT2D eigenvalue weighted by Crippen LogP contribution is -2.51. The van der Waals surface area contributed by atoms with Crippen LogP contribution in [0.1, 0.15) is 89.0 Å². The molecular weight excluding hydrogens is 789 g/mol. The molecule has 310 valence electrons. The molecule has 0 bridgehead atoms. The molecular formula is C44H56Cl3N3O7. The summed E-state index contributed by atoms with van der Waals surface area (Å²) >= 11 is 19.4. The summed E-state index contributed by atoms with van der Waals surface area (Å²) in [6.07, 6.45) is 2.16. The Morgan fingerprint density at radius 2 is 1.44 bits per heavy atom. The van der Waals surface area contributed by atoms with Crippen molar-refractivity contribution < 1.29 is 33.3 Å². The van der Waals surface area contributed by atoms with Crippen LogP contribution in [0.2, 0.25) is 15.1 Å². The van der Waals surface area contributed by atoms with Crippen LogP contribution in [0.3, 0.4) is 0 Å². The molecule has 1 aliphatic carbocycles. The van der Waals surface area contributed by atoms with Gasteiger partial charge in [-0.2, -0.15) is 0 Å². The second-order valence-electron chi connectivity index (χ2n) is 17.0. The van der Waals surface area contributed by atoms with E-state index >= 15 is 0 Å². The quantitative estimate of drug-likeness (QED) is 0.158. The van der Waals surface area contributed by atoms with Gasteiger partial charge in [0.1, 0.15) is 30.2 Å². The van der Waals surface area contributed by atoms with E-state index in [2.05, 4.69) is 0 Å². The molecule has 1 heterocycles. The van der Waals surface area contributed by atoms with Gasteiger partial charge in [-0.3, -0.25) is 4.79 Å². The van der Waals surface area contributed by atoms with Crippen LogP contribution in [0.5, 0.6) is 11.5 Å². The van der Waals surface area contributed by atoms with Crippen LogP contribution >= 0.6 is 34.8 Å². The largest absolute Gasteiger partial charge is 0.490 e. The molecule has 13 heteroatoms. The van der Waals surface area contributed by atoms with E-state index in [0.717, 1.165) is 35.1 Å². The highest BCUT2D eigenvalue weighted by Gasteiger charge is 2.43. The van der Waals surface area contributed by atoms with E-state index in [0.29, 0.717) is 59.0 Å². The van der Waals surface area contributed by atoms with Crippen LogP contribution in [-0.2, 0) is 27.2 Å². The van der Waals surface area contributed by atoms with Gasteiger partial charge < -0.3 is 33.6 Å². The summed E-state index contributed by atoms with van der Waals surface area (Å²) < 4.78 is 23.0. The van der Waals surface area contributed by atoms with Gasteiger partial charge in [0, 0.05) is 44.3 Å². The molecule has 0 radical (unpaired) electrons. The molecule has 1 aliphatic heterocycles. The highest BCUT2D eigenvalue weighted by atomic mass is 35.5. The molecule has 0 spiro atoms. The minimum Gasteiger partial charge on any atom is -0.490 e. The summed E-state index contributed by atoms with van der Waals surface area (Å²) in [7, 11) is 1.72. The molecule has 1 saturated heterocycles. The van der Waals surface area contributed by atoms with Gasteiger partial charge in [-0.25, -0.2) is 9.59 Å². The maximum absolute atomic E-state index is 14.8. The third-order valence-corrected chi connectivity index (χ3v) is 10.7. The number of nitrogens with zero attached hydrogens (tertiary/aromatic N) is 3. The predicted octanol–water partition coefficient (Wildman–Crippen LogP) is 10.4. The maximum atomic E-state index is 14.8. The number of likely N-dealkylation sites (N-methyl/N-ethyl adjacent to an activating group) is 1. The van der Waals surface area contributed by atoms with Crippen molar-refractivity contribution in [1.29, 1.82) is 0 Å². The number of hydrogen-bond acceptors (Lipinski definition) is 7. The fourth-order valence-electron chi connectivity index (χ4n) is 6.83. The number of likely N-dealkylation sites (tertiary alicyclic amines) is 1. The molecule has 2 fully saturated rings. The van der Waals surface area contributed by atoms with Crippen LogP contribution in [0.25, 0.3) is 0 Å². The van der Waals surface area contributed by atoms with E-state index in [1.165, 1.54) is 0 Å². The third-order valence-electron chi connectivity index (χ3n) is 9.79. The molecule has 3 aromatic carbocycles. The van der Waals surface area contributed by atoms with E-state index in [4.69, 9.17) is 53.8 Å². The number of rotatable bonds is 13. The van der Waals surface area contributed by atoms with Gasteiger partial charge in [0.2, 0.25) is 5.91 Å². The number of aryl methyl sites for hydroxylation is 1. The monoisotopic (exact) mass is 843 g/mol. The lowest BCUT2D eigenvalue weighted by Gasteiger charge is -2.40. The molecule has 57 heavy (non-hydrogen) atoms. The predicted molar refractivity (Wildman–Crippen MR) is 225 cm³/mol. The van der Waals surface area contributed by atoms with Crippen molar-refractivity contribution in [1.82, 2.24) is 14.7 Å². The molecule has 10 nitrogen and oxygen atoms in total. The first-order chi connectivity index (χ1) is 26.8. The van der Waals surface area contributed by atoms with E-state index in [9.17, 15) is 14.4 Å². The van der Waals surface area contributed by atoms with Gasteiger partial charge in [0.15, 0.2) is 5.75 Å². The fraction of sp³-hybridized carbons (Fsp3) is 0.523. The summed E-state index contributed by atoms with van der Waals surface area (Å²) in [5.41, 5.74) is 2.52. The molecule has 2 unspecified atom stereocenters. The van der Waals surface area contributed by atoms with Crippen molar-refractivity contribution in [3.05, 3.63) is 91.9 Å². The van der Waals surface area contributed by atoms with Gasteiger partial charge >= 0.3 is 12.2 Å². The van der Waals surface area contributed by atoms with Crippen molar-refractivity contribution in [2.75, 3.05) is 39.9 Å². The molecule has 5 rings (SSSR count). The first-order valence-corrected chi connectivity index (χ1v) is 20.7. The maximum Gasteiger partial charge on any atom is 0.410 e. The van der Waals surface area contributed by atoms with Gasteiger partial charge in [0.05, 0.1) is 16.0 Å². The lowest BCUT2D eigenvalue weighted by atomic mass is 9.79. The Hall–Kier alpha value is -3.86. The normalized spacial score (nSPS) is 17.1. The number of carbonyl (C=O) groups is 3. The van der Waals surface area contributed by atoms with Gasteiger partial charge in [-0.1, -0.05) is 59.1 Å². The van der Waals surface area contributed by atoms with E-state index in [1.807, 2.05) is 95.8 Å². The van der Waals surface area contributed by atoms with Crippen molar-refractivity contribution in [2.45, 2.75) is 104 Å². The van der Waals surface area contributed by atoms with Crippen molar-refractivity contribution in [3.63, 3.8) is 0 Å². The zero-order valence-electron chi connectivity index (χ0n) is 34.3. The Morgan fingerprint density at radius 3 is 2.05 bits per heavy atom. The fourth-order valence-corrected chi connectivity index (χ4v) is 7.72. The smallest absolute Gasteiger partial charge is 0.410 e. The number of ether oxygens (including phenoxy) is 4. The average molecular weight is 845 g/mol. The molecule has 0 N–H and O–H groups in total. The number of piperidine rings is 1. The minimum atomic E-state index is -0.670. The number of amides is 3. The number of carbonyl (C=O) groups excluding carboxylic acids is 3. The third kappa shape index (κ3) is 12.8. The highest BCUT2D eigenvalue weighted by Crippen LogP contribution is 2.39. The van der Waals surface area contributed by atoms with Gasteiger partial charge in [-0.15, -0.1) is 0 Å². The van der Waals surface area contributed by atoms with Gasteiger partial charge in [-0.05, 0) is 133 Å². The summed E-state index contributed by atoms with van der Waals surface area (Å²) in [5.74, 6) is 0.401. The molecule has 0 aromatic heterocycles. The van der Waals surface area contributed by atoms with Crippen molar-refractivity contribution in [2.24, 2.45) is 5.92 Å². The Kier molecular flexibility index (Phi) is 14.6. The molecule has 3 amide bonds. The number of benzene rings is 3. The Labute approximate surface area is 352 Å². The summed E-state index contributed by atoms with van der Waals surface area (Å²) in [6.45, 7) is 14.9. The standard InChI is InChI=1S/C44H56Cl3N3O7/c1-28-23-37(46)39(38(47)24-28)55-22-21-54-33-14-10-30(11-15-33)34-18-20-49(42(53)57-44(5,6)7)27-35(34)40(51)50(32-12-13-32)26-31-25-29(9-16-36(31)45)17-19-48(8)41(52)56-43(2,3)4/h9-11,14-16,23-25,32,34-35H,12-13,17-22,26-27H2,1-8H3. The second kappa shape index (κ2) is 18.8. The molecule has 2 aliphatic rings. The zero-order chi connectivity index (χ0) is 41.7. The van der Waals surface area contributed by atoms with Crippen LogP contribution in [0.4, 0.5) is 9.59 Å². The molecule has 1 saturated carbocycles. The van der Waals surface area contributed by atoms with Crippen molar-refractivity contribution >= 4 is 52.9 Å². The summed E-state index contributed by atoms with van der Waals surface area (Å²) in [5, 5.41) is 1.46. The first-order valence-electron chi connectivity index (χ1n) is 19.6. The summed E-state index contributed by atoms with van der Waals surface area (Å²) in [4.78, 5) is 45.9. The topological polar surface area (TPSA) is 97.8 Å². The van der Waals surface area contributed by atoms with E-state index < -0.39 is 23.2 Å². The van der Waals surface area contributed by atoms with Crippen LogP contribution in [-0.4, -0.2) is 89.9 Å². The zero-order valence-corrected chi connectivity index (χ0v) is 36.6. The van der Waals surface area contributed by atoms with Gasteiger partial charge in [0.25, 0.3) is 0 Å². The van der Waals surface area contributed by atoms with Crippen LogP contribution < -0.4 is 9.47 Å². The van der Waals surface area contributed by atoms with E-state index in [1.54, 1.807) is 29.0 Å². The van der Waals surface area contributed by atoms with E-state index in [-0.39, 0.29) is 43.7 Å². The number of halogens is 3. The first kappa shape index (κ1) is 44.2. The SMILES string of the molecule is Cc1cc(Cl)c(OCCOc2ccc(C3CCN(C(=O)OC(C)(C)C)CC3C(=O)N(Cc3cc(CCN(C)C(=O)OC(C)(C)C)ccc3Cl)C3CC3)cc2)c(Cl)c1. The van der Waals surface area contributed by atoms with Crippen molar-refractivity contribution in [3.8, 4) is 11.5 Å². The second-order valence-corrected chi connectivity index (χ2v) is 18.2. The van der Waals surface area contributed by atoms with Crippen LogP contribution in [0, 0.1) is 12.8 Å². The Bertz CT molecular complexity index is 1870. The minimum absolute atomic E-state index is 0.0206. The highest BCUT2D eigenvalue weighted by molar-refractivity contribution is 6.37. The average Bonchev–Trinajstić information content (AvgIpc) is 3.97. The van der Waals surface area contributed by atoms with Crippen LogP contribution in [0.15, 0.2) is 54.6 Å².